The van der Waals surface area contributed by atoms with Crippen LogP contribution in [-0.4, -0.2) is 57.4 Å². The lowest BCUT2D eigenvalue weighted by molar-refractivity contribution is -0.147. The molecule has 0 aliphatic heterocycles. The number of hydrogen-bond acceptors (Lipinski definition) is 10. The van der Waals surface area contributed by atoms with Gasteiger partial charge in [0.1, 0.15) is 9.88 Å². The van der Waals surface area contributed by atoms with E-state index in [1.165, 1.54) is 7.11 Å². The van der Waals surface area contributed by atoms with Crippen LogP contribution >= 0.6 is 11.3 Å². The van der Waals surface area contributed by atoms with Crippen molar-refractivity contribution in [2.45, 2.75) is 27.2 Å². The van der Waals surface area contributed by atoms with Crippen molar-refractivity contribution in [3.63, 3.8) is 0 Å². The Kier molecular flexibility index (Phi) is 10.3. The molecule has 1 aromatic heterocycles. The lowest BCUT2D eigenvalue weighted by Gasteiger charge is -2.10. The quantitative estimate of drug-likeness (QED) is 0.350. The van der Waals surface area contributed by atoms with E-state index in [1.54, 1.807) is 45.0 Å². The van der Waals surface area contributed by atoms with Crippen molar-refractivity contribution in [2.24, 2.45) is 0 Å². The first-order chi connectivity index (χ1) is 16.3. The maximum atomic E-state index is 12.4. The van der Waals surface area contributed by atoms with Crippen molar-refractivity contribution >= 4 is 40.2 Å². The van der Waals surface area contributed by atoms with Gasteiger partial charge in [0.25, 0.3) is 5.91 Å². The average molecular weight is 494 g/mol. The molecular weight excluding hydrogens is 466 g/mol. The van der Waals surface area contributed by atoms with Crippen LogP contribution in [0.5, 0.6) is 11.5 Å². The summed E-state index contributed by atoms with van der Waals surface area (Å²) in [6, 6.07) is 6.98. The topological polar surface area (TPSA) is 126 Å². The normalized spacial score (nSPS) is 10.2. The van der Waals surface area contributed by atoms with Gasteiger partial charge in [0, 0.05) is 0 Å². The van der Waals surface area contributed by atoms with E-state index in [2.05, 4.69) is 5.32 Å². The van der Waals surface area contributed by atoms with Crippen molar-refractivity contribution in [2.75, 3.05) is 38.9 Å². The van der Waals surface area contributed by atoms with Crippen LogP contribution in [0.3, 0.4) is 0 Å². The molecule has 34 heavy (non-hydrogen) atoms. The monoisotopic (exact) mass is 493 g/mol. The van der Waals surface area contributed by atoms with E-state index in [-0.39, 0.29) is 41.7 Å². The molecule has 1 N–H and O–H groups in total. The number of thiophene rings is 1. The summed E-state index contributed by atoms with van der Waals surface area (Å²) in [4.78, 5) is 49.1. The van der Waals surface area contributed by atoms with Crippen LogP contribution < -0.4 is 14.8 Å². The average Bonchev–Trinajstić information content (AvgIpc) is 3.14. The van der Waals surface area contributed by atoms with Gasteiger partial charge in [-0.25, -0.2) is 9.59 Å². The molecule has 0 radical (unpaired) electrons. The Morgan fingerprint density at radius 1 is 0.941 bits per heavy atom. The second kappa shape index (κ2) is 13.2. The third-order valence-corrected chi connectivity index (χ3v) is 5.52. The number of anilines is 1. The highest BCUT2D eigenvalue weighted by Gasteiger charge is 2.27. The number of carbonyl (C=O) groups is 4. The van der Waals surface area contributed by atoms with Crippen LogP contribution in [0.2, 0.25) is 0 Å². The zero-order valence-electron chi connectivity index (χ0n) is 19.4. The van der Waals surface area contributed by atoms with Gasteiger partial charge in [-0.3, -0.25) is 9.59 Å². The summed E-state index contributed by atoms with van der Waals surface area (Å²) in [6.07, 6.45) is -0.0927. The lowest BCUT2D eigenvalue weighted by Crippen LogP contribution is -2.22. The summed E-state index contributed by atoms with van der Waals surface area (Å²) in [5.41, 5.74) is 0.391. The molecular formula is C23H27NO9S. The number of methoxy groups -OCH3 is 1. The maximum absolute atomic E-state index is 12.4. The second-order valence-corrected chi connectivity index (χ2v) is 7.68. The van der Waals surface area contributed by atoms with E-state index in [1.807, 2.05) is 0 Å². The molecule has 0 spiro atoms. The molecule has 0 atom stereocenters. The first kappa shape index (κ1) is 26.7. The minimum absolute atomic E-state index is 0.0286. The van der Waals surface area contributed by atoms with E-state index in [4.69, 9.17) is 23.7 Å². The number of nitrogens with one attached hydrogen (secondary N) is 1. The van der Waals surface area contributed by atoms with Gasteiger partial charge in [-0.15, -0.1) is 11.3 Å². The largest absolute Gasteiger partial charge is 0.493 e. The van der Waals surface area contributed by atoms with Crippen molar-refractivity contribution < 1.29 is 42.9 Å². The lowest BCUT2D eigenvalue weighted by atomic mass is 10.1. The molecule has 2 rings (SSSR count). The number of rotatable bonds is 12. The number of benzene rings is 1. The smallest absolute Gasteiger partial charge is 0.348 e. The van der Waals surface area contributed by atoms with E-state index < -0.39 is 30.4 Å². The van der Waals surface area contributed by atoms with E-state index in [9.17, 15) is 19.2 Å². The van der Waals surface area contributed by atoms with Gasteiger partial charge in [-0.05, 0) is 38.5 Å². The fourth-order valence-electron chi connectivity index (χ4n) is 2.81. The Morgan fingerprint density at radius 2 is 1.59 bits per heavy atom. The van der Waals surface area contributed by atoms with E-state index in [0.717, 1.165) is 11.3 Å². The highest BCUT2D eigenvalue weighted by atomic mass is 32.1. The molecule has 0 aliphatic carbocycles. The van der Waals surface area contributed by atoms with Gasteiger partial charge in [0.15, 0.2) is 18.1 Å². The number of hydrogen-bond donors (Lipinski definition) is 1. The van der Waals surface area contributed by atoms with Crippen LogP contribution in [-0.2, 0) is 23.8 Å². The third-order valence-electron chi connectivity index (χ3n) is 4.34. The maximum Gasteiger partial charge on any atom is 0.348 e. The number of para-hydroxylation sites is 2. The minimum Gasteiger partial charge on any atom is -0.493 e. The van der Waals surface area contributed by atoms with Gasteiger partial charge >= 0.3 is 17.9 Å². The molecule has 11 heteroatoms. The van der Waals surface area contributed by atoms with Crippen LogP contribution in [0, 0.1) is 6.92 Å². The summed E-state index contributed by atoms with van der Waals surface area (Å²) in [5.74, 6) is -1.62. The number of esters is 3. The Hall–Kier alpha value is -3.60. The number of ether oxygens (including phenoxy) is 5. The van der Waals surface area contributed by atoms with Crippen LogP contribution in [0.1, 0.15) is 45.9 Å². The Balaban J connectivity index is 1.95. The molecule has 1 aromatic carbocycles. The van der Waals surface area contributed by atoms with Gasteiger partial charge in [0.2, 0.25) is 0 Å². The molecule has 1 amide bonds. The predicted molar refractivity (Wildman–Crippen MR) is 124 cm³/mol. The van der Waals surface area contributed by atoms with Gasteiger partial charge < -0.3 is 29.0 Å². The van der Waals surface area contributed by atoms with Gasteiger partial charge in [0.05, 0.1) is 38.9 Å². The molecule has 0 aliphatic rings. The SMILES string of the molecule is CCOC(=O)c1sc(NC(=O)COC(=O)CCOc2ccccc2OC)c(C(=O)OCC)c1C. The molecule has 10 nitrogen and oxygen atoms in total. The molecule has 184 valence electrons. The summed E-state index contributed by atoms with van der Waals surface area (Å²) in [6.45, 7) is 4.58. The second-order valence-electron chi connectivity index (χ2n) is 6.66. The fourth-order valence-corrected chi connectivity index (χ4v) is 3.91. The molecule has 0 bridgehead atoms. The summed E-state index contributed by atoms with van der Waals surface area (Å²) < 4.78 is 25.7. The predicted octanol–water partition coefficient (Wildman–Crippen LogP) is 3.37. The minimum atomic E-state index is -0.687. The van der Waals surface area contributed by atoms with Crippen molar-refractivity contribution in [3.8, 4) is 11.5 Å². The van der Waals surface area contributed by atoms with Gasteiger partial charge in [-0.2, -0.15) is 0 Å². The summed E-state index contributed by atoms with van der Waals surface area (Å²) in [5, 5.41) is 2.62. The first-order valence-corrected chi connectivity index (χ1v) is 11.3. The molecule has 0 saturated carbocycles. The third kappa shape index (κ3) is 7.20. The molecule has 0 unspecified atom stereocenters. The Labute approximate surface area is 201 Å². The van der Waals surface area contributed by atoms with Crippen LogP contribution in [0.4, 0.5) is 5.00 Å². The zero-order chi connectivity index (χ0) is 25.1. The highest BCUT2D eigenvalue weighted by Crippen LogP contribution is 2.34. The highest BCUT2D eigenvalue weighted by molar-refractivity contribution is 7.18. The molecule has 1 heterocycles. The number of carbonyl (C=O) groups excluding carboxylic acids is 4. The zero-order valence-corrected chi connectivity index (χ0v) is 20.2. The van der Waals surface area contributed by atoms with Crippen molar-refractivity contribution in [3.05, 3.63) is 40.3 Å². The van der Waals surface area contributed by atoms with Crippen molar-refractivity contribution in [1.29, 1.82) is 0 Å². The summed E-state index contributed by atoms with van der Waals surface area (Å²) in [7, 11) is 1.51. The molecule has 0 fully saturated rings. The van der Waals surface area contributed by atoms with Gasteiger partial charge in [-0.1, -0.05) is 12.1 Å². The molecule has 0 saturated heterocycles. The van der Waals surface area contributed by atoms with Crippen molar-refractivity contribution in [1.82, 2.24) is 0 Å². The fraction of sp³-hybridized carbons (Fsp3) is 0.391. The van der Waals surface area contributed by atoms with E-state index in [0.29, 0.717) is 17.1 Å². The van der Waals surface area contributed by atoms with E-state index >= 15 is 0 Å². The standard InChI is InChI=1S/C23H27NO9S/c1-5-30-22(27)19-14(3)20(23(28)31-6-2)34-21(19)24-17(25)13-33-18(26)11-12-32-16-10-8-7-9-15(16)29-4/h7-10H,5-6,11-13H2,1-4H3,(H,24,25). The van der Waals surface area contributed by atoms with Crippen LogP contribution in [0.15, 0.2) is 24.3 Å². The molecule has 2 aromatic rings. The Bertz CT molecular complexity index is 1030. The Morgan fingerprint density at radius 3 is 2.24 bits per heavy atom. The number of amides is 1. The van der Waals surface area contributed by atoms with Crippen LogP contribution in [0.25, 0.3) is 0 Å². The first-order valence-electron chi connectivity index (χ1n) is 10.5. The summed E-state index contributed by atoms with van der Waals surface area (Å²) >= 11 is 0.886.